The fraction of sp³-hybridized carbons (Fsp3) is 0.273. The van der Waals surface area contributed by atoms with Crippen molar-refractivity contribution in [2.75, 3.05) is 0 Å². The van der Waals surface area contributed by atoms with Crippen molar-refractivity contribution >= 4 is 28.3 Å². The van der Waals surface area contributed by atoms with Crippen molar-refractivity contribution in [3.05, 3.63) is 28.9 Å². The maximum Gasteiger partial charge on any atom is 0.161 e. The van der Waals surface area contributed by atoms with Crippen LogP contribution in [0.4, 0.5) is 0 Å². The predicted molar refractivity (Wildman–Crippen MR) is 60.4 cm³/mol. The van der Waals surface area contributed by atoms with Gasteiger partial charge in [0.25, 0.3) is 0 Å². The molecule has 1 heterocycles. The number of para-hydroxylation sites is 1. The zero-order chi connectivity index (χ0) is 11.0. The molecule has 0 saturated heterocycles. The number of ketones is 1. The Labute approximate surface area is 92.6 Å². The van der Waals surface area contributed by atoms with E-state index in [0.29, 0.717) is 17.3 Å². The number of carbonyl (C=O) groups is 1. The highest BCUT2D eigenvalue weighted by Gasteiger charge is 2.13. The Morgan fingerprint density at radius 3 is 2.87 bits per heavy atom. The quantitative estimate of drug-likeness (QED) is 0.733. The van der Waals surface area contributed by atoms with Crippen molar-refractivity contribution < 1.29 is 4.79 Å². The Balaban J connectivity index is 2.88. The second kappa shape index (κ2) is 3.66. The molecule has 0 unspecified atom stereocenters. The molecule has 78 valence electrons. The van der Waals surface area contributed by atoms with Crippen LogP contribution in [0, 0.1) is 0 Å². The number of hydrogen-bond acceptors (Lipinski definition) is 2. The molecule has 1 aromatic carbocycles. The summed E-state index contributed by atoms with van der Waals surface area (Å²) < 4.78 is 1.76. The second-order valence-electron chi connectivity index (χ2n) is 3.36. The Bertz CT molecular complexity index is 531. The molecule has 0 N–H and O–H groups in total. The van der Waals surface area contributed by atoms with Gasteiger partial charge in [-0.05, 0) is 26.0 Å². The fourth-order valence-corrected chi connectivity index (χ4v) is 1.95. The summed E-state index contributed by atoms with van der Waals surface area (Å²) in [5.74, 6) is 0.0341. The van der Waals surface area contributed by atoms with Gasteiger partial charge in [0.1, 0.15) is 0 Å². The first-order chi connectivity index (χ1) is 7.15. The van der Waals surface area contributed by atoms with E-state index >= 15 is 0 Å². The number of Topliss-reactive ketones (excluding diaryl/α,β-unsaturated/α-hetero) is 1. The van der Waals surface area contributed by atoms with Gasteiger partial charge in [0.2, 0.25) is 0 Å². The van der Waals surface area contributed by atoms with Crippen molar-refractivity contribution in [3.63, 3.8) is 0 Å². The van der Waals surface area contributed by atoms with Crippen molar-refractivity contribution in [1.29, 1.82) is 0 Å². The van der Waals surface area contributed by atoms with Crippen LogP contribution in [0.3, 0.4) is 0 Å². The summed E-state index contributed by atoms with van der Waals surface area (Å²) in [7, 11) is 0. The highest BCUT2D eigenvalue weighted by molar-refractivity contribution is 6.34. The van der Waals surface area contributed by atoms with Crippen LogP contribution in [-0.2, 0) is 6.54 Å². The van der Waals surface area contributed by atoms with E-state index in [1.54, 1.807) is 17.7 Å². The Morgan fingerprint density at radius 2 is 2.27 bits per heavy atom. The van der Waals surface area contributed by atoms with Gasteiger partial charge < -0.3 is 0 Å². The van der Waals surface area contributed by atoms with Gasteiger partial charge in [-0.3, -0.25) is 9.48 Å². The minimum Gasteiger partial charge on any atom is -0.294 e. The standard InChI is InChI=1S/C11H11ClN2O/c1-3-14-10-8(7(2)15)5-4-6-9(10)11(12)13-14/h4-6H,3H2,1-2H3. The molecular weight excluding hydrogens is 212 g/mol. The minimum atomic E-state index is 0.0341. The highest BCUT2D eigenvalue weighted by Crippen LogP contribution is 2.25. The molecule has 0 aliphatic carbocycles. The van der Waals surface area contributed by atoms with E-state index in [1.807, 2.05) is 19.1 Å². The van der Waals surface area contributed by atoms with Crippen LogP contribution in [-0.4, -0.2) is 15.6 Å². The Kier molecular flexibility index (Phi) is 2.49. The number of hydrogen-bond donors (Lipinski definition) is 0. The maximum atomic E-state index is 11.5. The molecule has 2 rings (SSSR count). The minimum absolute atomic E-state index is 0.0341. The number of aromatic nitrogens is 2. The lowest BCUT2D eigenvalue weighted by molar-refractivity contribution is 0.101. The predicted octanol–water partition coefficient (Wildman–Crippen LogP) is 2.91. The van der Waals surface area contributed by atoms with E-state index in [0.717, 1.165) is 10.9 Å². The molecule has 0 atom stereocenters. The molecule has 0 aliphatic heterocycles. The topological polar surface area (TPSA) is 34.9 Å². The van der Waals surface area contributed by atoms with E-state index in [-0.39, 0.29) is 5.78 Å². The van der Waals surface area contributed by atoms with Gasteiger partial charge in [-0.15, -0.1) is 0 Å². The van der Waals surface area contributed by atoms with Crippen molar-refractivity contribution in [1.82, 2.24) is 9.78 Å². The molecule has 15 heavy (non-hydrogen) atoms. The third-order valence-electron chi connectivity index (χ3n) is 2.40. The van der Waals surface area contributed by atoms with Crippen LogP contribution in [0.5, 0.6) is 0 Å². The number of halogens is 1. The zero-order valence-corrected chi connectivity index (χ0v) is 9.38. The summed E-state index contributed by atoms with van der Waals surface area (Å²) >= 11 is 5.99. The summed E-state index contributed by atoms with van der Waals surface area (Å²) in [5, 5.41) is 5.47. The highest BCUT2D eigenvalue weighted by atomic mass is 35.5. The molecule has 1 aromatic heterocycles. The summed E-state index contributed by atoms with van der Waals surface area (Å²) in [5.41, 5.74) is 1.51. The van der Waals surface area contributed by atoms with Gasteiger partial charge in [0.05, 0.1) is 5.52 Å². The molecule has 0 amide bonds. The zero-order valence-electron chi connectivity index (χ0n) is 8.62. The van der Waals surface area contributed by atoms with Crippen molar-refractivity contribution in [2.45, 2.75) is 20.4 Å². The van der Waals surface area contributed by atoms with Crippen LogP contribution in [0.15, 0.2) is 18.2 Å². The summed E-state index contributed by atoms with van der Waals surface area (Å²) in [6.45, 7) is 4.23. The van der Waals surface area contributed by atoms with Gasteiger partial charge in [0, 0.05) is 17.5 Å². The van der Waals surface area contributed by atoms with E-state index < -0.39 is 0 Å². The summed E-state index contributed by atoms with van der Waals surface area (Å²) in [4.78, 5) is 11.5. The number of fused-ring (bicyclic) bond motifs is 1. The van der Waals surface area contributed by atoms with Gasteiger partial charge in [0.15, 0.2) is 10.9 Å². The molecular formula is C11H11ClN2O. The summed E-state index contributed by atoms with van der Waals surface area (Å²) in [6, 6.07) is 5.50. The third kappa shape index (κ3) is 1.53. The van der Waals surface area contributed by atoms with E-state index in [9.17, 15) is 4.79 Å². The molecule has 0 radical (unpaired) electrons. The average Bonchev–Trinajstić information content (AvgIpc) is 2.55. The largest absolute Gasteiger partial charge is 0.294 e. The average molecular weight is 223 g/mol. The van der Waals surface area contributed by atoms with Gasteiger partial charge in [-0.2, -0.15) is 5.10 Å². The summed E-state index contributed by atoms with van der Waals surface area (Å²) in [6.07, 6.45) is 0. The molecule has 3 nitrogen and oxygen atoms in total. The van der Waals surface area contributed by atoms with Crippen LogP contribution >= 0.6 is 11.6 Å². The van der Waals surface area contributed by atoms with Crippen molar-refractivity contribution in [3.8, 4) is 0 Å². The third-order valence-corrected chi connectivity index (χ3v) is 2.68. The first-order valence-corrected chi connectivity index (χ1v) is 5.19. The molecule has 4 heteroatoms. The number of nitrogens with zero attached hydrogens (tertiary/aromatic N) is 2. The van der Waals surface area contributed by atoms with E-state index in [1.165, 1.54) is 0 Å². The van der Waals surface area contributed by atoms with Crippen LogP contribution < -0.4 is 0 Å². The van der Waals surface area contributed by atoms with E-state index in [2.05, 4.69) is 5.10 Å². The lowest BCUT2D eigenvalue weighted by Gasteiger charge is -2.02. The number of carbonyl (C=O) groups excluding carboxylic acids is 1. The molecule has 0 spiro atoms. The first kappa shape index (κ1) is 10.2. The molecule has 2 aromatic rings. The normalized spacial score (nSPS) is 10.9. The van der Waals surface area contributed by atoms with Gasteiger partial charge >= 0.3 is 0 Å². The lowest BCUT2D eigenvalue weighted by atomic mass is 10.1. The molecule has 0 saturated carbocycles. The number of rotatable bonds is 2. The molecule has 0 bridgehead atoms. The van der Waals surface area contributed by atoms with Gasteiger partial charge in [-0.25, -0.2) is 0 Å². The first-order valence-electron chi connectivity index (χ1n) is 4.81. The monoisotopic (exact) mass is 222 g/mol. The number of benzene rings is 1. The van der Waals surface area contributed by atoms with Crippen LogP contribution in [0.2, 0.25) is 5.15 Å². The molecule has 0 aliphatic rings. The number of aryl methyl sites for hydroxylation is 1. The second-order valence-corrected chi connectivity index (χ2v) is 3.72. The van der Waals surface area contributed by atoms with Crippen LogP contribution in [0.1, 0.15) is 24.2 Å². The fourth-order valence-electron chi connectivity index (χ4n) is 1.71. The smallest absolute Gasteiger partial charge is 0.161 e. The van der Waals surface area contributed by atoms with Crippen LogP contribution in [0.25, 0.3) is 10.9 Å². The molecule has 0 fully saturated rings. The lowest BCUT2D eigenvalue weighted by Crippen LogP contribution is -2.01. The maximum absolute atomic E-state index is 11.5. The Morgan fingerprint density at radius 1 is 1.53 bits per heavy atom. The van der Waals surface area contributed by atoms with E-state index in [4.69, 9.17) is 11.6 Å². The Hall–Kier alpha value is -1.35. The van der Waals surface area contributed by atoms with Gasteiger partial charge in [-0.1, -0.05) is 17.7 Å². The van der Waals surface area contributed by atoms with Crippen molar-refractivity contribution in [2.24, 2.45) is 0 Å². The SMILES string of the molecule is CCn1nc(Cl)c2cccc(C(C)=O)c21.